The first-order chi connectivity index (χ1) is 6.34. The van der Waals surface area contributed by atoms with E-state index in [0.717, 1.165) is 12.5 Å². The van der Waals surface area contributed by atoms with Crippen LogP contribution in [0.1, 0.15) is 26.2 Å². The largest absolute Gasteiger partial charge is 0.497 e. The maximum Gasteiger partial charge on any atom is 0.111 e. The fraction of sp³-hybridized carbons (Fsp3) is 0.818. The smallest absolute Gasteiger partial charge is 0.111 e. The second kappa shape index (κ2) is 4.14. The van der Waals surface area contributed by atoms with Crippen LogP contribution in [0.15, 0.2) is 12.3 Å². The van der Waals surface area contributed by atoms with Crippen molar-refractivity contribution in [2.24, 2.45) is 5.92 Å². The average Bonchev–Trinajstić information content (AvgIpc) is 2.53. The van der Waals surface area contributed by atoms with Crippen molar-refractivity contribution < 1.29 is 4.74 Å². The lowest BCUT2D eigenvalue weighted by molar-refractivity contribution is 0.0866. The second-order valence-corrected chi connectivity index (χ2v) is 4.36. The Balaban J connectivity index is 1.74. The highest BCUT2D eigenvalue weighted by molar-refractivity contribution is 4.84. The number of ether oxygens (including phenoxy) is 1. The number of likely N-dealkylation sites (tertiary alicyclic amines) is 1. The van der Waals surface area contributed by atoms with E-state index in [-0.39, 0.29) is 0 Å². The number of rotatable bonds is 2. The third-order valence-corrected chi connectivity index (χ3v) is 2.99. The Morgan fingerprint density at radius 3 is 3.00 bits per heavy atom. The van der Waals surface area contributed by atoms with Gasteiger partial charge < -0.3 is 4.74 Å². The van der Waals surface area contributed by atoms with Crippen LogP contribution in [0.2, 0.25) is 0 Å². The first-order valence-electron chi connectivity index (χ1n) is 5.37. The summed E-state index contributed by atoms with van der Waals surface area (Å²) in [5, 5.41) is 0. The summed E-state index contributed by atoms with van der Waals surface area (Å²) in [6, 6.07) is 0. The van der Waals surface area contributed by atoms with Crippen molar-refractivity contribution in [3.05, 3.63) is 12.3 Å². The van der Waals surface area contributed by atoms with Crippen molar-refractivity contribution in [3.63, 3.8) is 0 Å². The zero-order chi connectivity index (χ0) is 9.10. The lowest BCUT2D eigenvalue weighted by atomic mass is 10.1. The van der Waals surface area contributed by atoms with Crippen molar-refractivity contribution in [2.45, 2.75) is 32.3 Å². The van der Waals surface area contributed by atoms with Crippen molar-refractivity contribution in [3.8, 4) is 0 Å². The molecule has 2 aliphatic heterocycles. The number of nitrogens with zero attached hydrogens (tertiary/aromatic N) is 1. The third-order valence-electron chi connectivity index (χ3n) is 2.99. The molecule has 0 aliphatic carbocycles. The number of hydrogen-bond acceptors (Lipinski definition) is 2. The first kappa shape index (κ1) is 9.07. The zero-order valence-corrected chi connectivity index (χ0v) is 8.41. The summed E-state index contributed by atoms with van der Waals surface area (Å²) in [5.41, 5.74) is 0. The van der Waals surface area contributed by atoms with Gasteiger partial charge in [0.1, 0.15) is 6.10 Å². The molecule has 0 spiro atoms. The Hall–Kier alpha value is -0.500. The van der Waals surface area contributed by atoms with Gasteiger partial charge in [0, 0.05) is 13.1 Å². The Morgan fingerprint density at radius 2 is 2.38 bits per heavy atom. The highest BCUT2D eigenvalue weighted by Crippen LogP contribution is 2.18. The molecule has 2 nitrogen and oxygen atoms in total. The molecule has 0 radical (unpaired) electrons. The van der Waals surface area contributed by atoms with E-state index >= 15 is 0 Å². The molecule has 2 heterocycles. The summed E-state index contributed by atoms with van der Waals surface area (Å²) in [7, 11) is 0. The Labute approximate surface area is 80.6 Å². The van der Waals surface area contributed by atoms with Gasteiger partial charge in [-0.1, -0.05) is 6.92 Å². The van der Waals surface area contributed by atoms with E-state index in [2.05, 4.69) is 17.9 Å². The summed E-state index contributed by atoms with van der Waals surface area (Å²) in [6.45, 7) is 6.00. The van der Waals surface area contributed by atoms with Gasteiger partial charge in [0.05, 0.1) is 6.26 Å². The molecule has 0 saturated carbocycles. The van der Waals surface area contributed by atoms with Crippen LogP contribution in [0.25, 0.3) is 0 Å². The molecule has 2 aliphatic rings. The molecule has 0 bridgehead atoms. The van der Waals surface area contributed by atoms with Crippen LogP contribution in [0.4, 0.5) is 0 Å². The monoisotopic (exact) mass is 181 g/mol. The van der Waals surface area contributed by atoms with E-state index in [1.54, 1.807) is 0 Å². The lowest BCUT2D eigenvalue weighted by Crippen LogP contribution is -2.32. The molecule has 1 saturated heterocycles. The van der Waals surface area contributed by atoms with Crippen LogP contribution in [0, 0.1) is 5.92 Å². The van der Waals surface area contributed by atoms with Crippen molar-refractivity contribution in [2.75, 3.05) is 19.6 Å². The predicted octanol–water partition coefficient (Wildman–Crippen LogP) is 2.02. The second-order valence-electron chi connectivity index (χ2n) is 4.36. The van der Waals surface area contributed by atoms with Gasteiger partial charge in [-0.05, 0) is 37.8 Å². The maximum absolute atomic E-state index is 5.55. The van der Waals surface area contributed by atoms with Crippen molar-refractivity contribution in [1.29, 1.82) is 0 Å². The summed E-state index contributed by atoms with van der Waals surface area (Å²) in [4.78, 5) is 2.54. The third kappa shape index (κ3) is 2.47. The van der Waals surface area contributed by atoms with Crippen LogP contribution >= 0.6 is 0 Å². The fourth-order valence-corrected chi connectivity index (χ4v) is 2.20. The minimum Gasteiger partial charge on any atom is -0.497 e. The molecule has 2 unspecified atom stereocenters. The van der Waals surface area contributed by atoms with Gasteiger partial charge in [0.2, 0.25) is 0 Å². The summed E-state index contributed by atoms with van der Waals surface area (Å²) in [6.07, 6.45) is 8.18. The molecule has 13 heavy (non-hydrogen) atoms. The number of hydrogen-bond donors (Lipinski definition) is 0. The molecule has 74 valence electrons. The average molecular weight is 181 g/mol. The van der Waals surface area contributed by atoms with E-state index in [1.807, 2.05) is 6.26 Å². The molecule has 2 heteroatoms. The van der Waals surface area contributed by atoms with Gasteiger partial charge in [0.15, 0.2) is 0 Å². The topological polar surface area (TPSA) is 12.5 Å². The quantitative estimate of drug-likeness (QED) is 0.646. The van der Waals surface area contributed by atoms with Crippen LogP contribution in [0.3, 0.4) is 0 Å². The predicted molar refractivity (Wildman–Crippen MR) is 53.5 cm³/mol. The van der Waals surface area contributed by atoms with Gasteiger partial charge in [-0.3, -0.25) is 4.90 Å². The molecule has 0 aromatic rings. The summed E-state index contributed by atoms with van der Waals surface area (Å²) < 4.78 is 5.55. The molecule has 2 atom stereocenters. The van der Waals surface area contributed by atoms with E-state index in [9.17, 15) is 0 Å². The summed E-state index contributed by atoms with van der Waals surface area (Å²) in [5.74, 6) is 0.888. The van der Waals surface area contributed by atoms with Crippen LogP contribution in [0.5, 0.6) is 0 Å². The fourth-order valence-electron chi connectivity index (χ4n) is 2.20. The Kier molecular flexibility index (Phi) is 2.89. The molecular formula is C11H19NO. The van der Waals surface area contributed by atoms with Gasteiger partial charge in [-0.25, -0.2) is 0 Å². The normalized spacial score (nSPS) is 34.8. The minimum absolute atomic E-state index is 0.454. The summed E-state index contributed by atoms with van der Waals surface area (Å²) >= 11 is 0. The van der Waals surface area contributed by atoms with Crippen molar-refractivity contribution >= 4 is 0 Å². The maximum atomic E-state index is 5.55. The van der Waals surface area contributed by atoms with E-state index in [4.69, 9.17) is 4.74 Å². The number of allylic oxidation sites excluding steroid dienone is 1. The molecule has 1 fully saturated rings. The molecule has 0 aromatic heterocycles. The van der Waals surface area contributed by atoms with Gasteiger partial charge >= 0.3 is 0 Å². The molecular weight excluding hydrogens is 162 g/mol. The van der Waals surface area contributed by atoms with E-state index in [1.165, 1.54) is 32.4 Å². The van der Waals surface area contributed by atoms with Crippen molar-refractivity contribution in [1.82, 2.24) is 4.90 Å². The van der Waals surface area contributed by atoms with E-state index in [0.29, 0.717) is 6.10 Å². The molecule has 0 N–H and O–H groups in total. The van der Waals surface area contributed by atoms with Gasteiger partial charge in [-0.2, -0.15) is 0 Å². The Morgan fingerprint density at radius 1 is 1.46 bits per heavy atom. The molecule has 0 amide bonds. The van der Waals surface area contributed by atoms with Crippen LogP contribution in [-0.2, 0) is 4.74 Å². The highest BCUT2D eigenvalue weighted by atomic mass is 16.5. The van der Waals surface area contributed by atoms with Gasteiger partial charge in [0.25, 0.3) is 0 Å². The SMILES string of the molecule is CC1CCN(CC2CCC=CO2)C1. The van der Waals surface area contributed by atoms with E-state index < -0.39 is 0 Å². The van der Waals surface area contributed by atoms with Gasteiger partial charge in [-0.15, -0.1) is 0 Å². The highest BCUT2D eigenvalue weighted by Gasteiger charge is 2.22. The first-order valence-corrected chi connectivity index (χ1v) is 5.37. The van der Waals surface area contributed by atoms with Crippen LogP contribution in [-0.4, -0.2) is 30.6 Å². The Bertz CT molecular complexity index is 191. The molecule has 0 aromatic carbocycles. The standard InChI is InChI=1S/C11H19NO/c1-10-5-6-12(8-10)9-11-4-2-3-7-13-11/h3,7,10-11H,2,4-6,8-9H2,1H3. The van der Waals surface area contributed by atoms with Crippen LogP contribution < -0.4 is 0 Å². The zero-order valence-electron chi connectivity index (χ0n) is 8.41. The molecule has 2 rings (SSSR count). The minimum atomic E-state index is 0.454. The lowest BCUT2D eigenvalue weighted by Gasteiger charge is -2.24.